The van der Waals surface area contributed by atoms with E-state index in [0.717, 1.165) is 53.1 Å². The van der Waals surface area contributed by atoms with Crippen molar-refractivity contribution in [1.82, 2.24) is 4.90 Å². The molecule has 6 rings (SSSR count). The van der Waals surface area contributed by atoms with Gasteiger partial charge in [0.05, 0.1) is 17.6 Å². The monoisotopic (exact) mass is 525 g/mol. The number of rotatable bonds is 5. The molecule has 2 heterocycles. The van der Waals surface area contributed by atoms with Crippen molar-refractivity contribution in [2.24, 2.45) is 5.92 Å². The van der Waals surface area contributed by atoms with Crippen molar-refractivity contribution >= 4 is 27.6 Å². The van der Waals surface area contributed by atoms with Gasteiger partial charge in [0.2, 0.25) is 5.91 Å². The molecule has 1 aliphatic heterocycles. The number of hydrogen-bond donors (Lipinski definition) is 1. The summed E-state index contributed by atoms with van der Waals surface area (Å²) in [7, 11) is 0. The van der Waals surface area contributed by atoms with Gasteiger partial charge in [0, 0.05) is 30.0 Å². The van der Waals surface area contributed by atoms with Gasteiger partial charge in [-0.05, 0) is 73.2 Å². The maximum atomic E-state index is 13.3. The summed E-state index contributed by atoms with van der Waals surface area (Å²) in [5, 5.41) is 14.1. The summed E-state index contributed by atoms with van der Waals surface area (Å²) in [5.74, 6) is 0.702. The normalized spacial score (nSPS) is 21.2. The molecule has 4 aromatic rings. The highest BCUT2D eigenvalue weighted by Gasteiger charge is 2.43. The summed E-state index contributed by atoms with van der Waals surface area (Å²) in [6, 6.07) is 18.3. The van der Waals surface area contributed by atoms with E-state index in [4.69, 9.17) is 9.15 Å². The SMILES string of the molecule is Cc1c(CC(=O)N2CCC3(O)CCCCC3C2)c(=O)oc2c(C)c(OCc3ccc4ccccc4c3)ccc12. The molecule has 1 aliphatic carbocycles. The van der Waals surface area contributed by atoms with Crippen LogP contribution >= 0.6 is 0 Å². The summed E-state index contributed by atoms with van der Waals surface area (Å²) in [5.41, 5.74) is 2.37. The van der Waals surface area contributed by atoms with Gasteiger partial charge in [-0.15, -0.1) is 0 Å². The first-order valence-electron chi connectivity index (χ1n) is 14.0. The molecule has 6 nitrogen and oxygen atoms in total. The lowest BCUT2D eigenvalue weighted by Gasteiger charge is -2.47. The number of piperidine rings is 1. The predicted molar refractivity (Wildman–Crippen MR) is 152 cm³/mol. The van der Waals surface area contributed by atoms with Crippen LogP contribution in [0.5, 0.6) is 5.75 Å². The van der Waals surface area contributed by atoms with E-state index < -0.39 is 11.2 Å². The summed E-state index contributed by atoms with van der Waals surface area (Å²) in [4.78, 5) is 28.2. The number of likely N-dealkylation sites (tertiary alicyclic amines) is 1. The second-order valence-electron chi connectivity index (χ2n) is 11.3. The first-order chi connectivity index (χ1) is 18.8. The van der Waals surface area contributed by atoms with Gasteiger partial charge in [-0.1, -0.05) is 49.2 Å². The lowest BCUT2D eigenvalue weighted by Crippen LogP contribution is -2.55. The van der Waals surface area contributed by atoms with Crippen molar-refractivity contribution in [3.63, 3.8) is 0 Å². The number of amides is 1. The van der Waals surface area contributed by atoms with Gasteiger partial charge in [-0.2, -0.15) is 0 Å². The van der Waals surface area contributed by atoms with E-state index in [1.807, 2.05) is 43.0 Å². The topological polar surface area (TPSA) is 80.0 Å². The second kappa shape index (κ2) is 10.2. The van der Waals surface area contributed by atoms with E-state index in [1.54, 1.807) is 0 Å². The molecule has 1 saturated carbocycles. The average molecular weight is 526 g/mol. The molecule has 0 radical (unpaired) electrons. The van der Waals surface area contributed by atoms with Gasteiger partial charge in [-0.25, -0.2) is 4.79 Å². The van der Waals surface area contributed by atoms with Crippen LogP contribution in [0, 0.1) is 19.8 Å². The van der Waals surface area contributed by atoms with Crippen molar-refractivity contribution in [2.75, 3.05) is 13.1 Å². The first kappa shape index (κ1) is 25.6. The number of hydrogen-bond acceptors (Lipinski definition) is 5. The molecule has 2 atom stereocenters. The lowest BCUT2D eigenvalue weighted by atomic mass is 9.71. The zero-order valence-electron chi connectivity index (χ0n) is 22.7. The van der Waals surface area contributed by atoms with Crippen LogP contribution in [0.25, 0.3) is 21.7 Å². The largest absolute Gasteiger partial charge is 0.488 e. The average Bonchev–Trinajstić information content (AvgIpc) is 2.94. The molecule has 1 N–H and O–H groups in total. The number of fused-ring (bicyclic) bond motifs is 3. The minimum absolute atomic E-state index is 0.00845. The highest BCUT2D eigenvalue weighted by atomic mass is 16.5. The number of ether oxygens (including phenoxy) is 1. The van der Waals surface area contributed by atoms with Crippen molar-refractivity contribution in [3.8, 4) is 5.75 Å². The molecule has 39 heavy (non-hydrogen) atoms. The molecule has 0 bridgehead atoms. The fourth-order valence-electron chi connectivity index (χ4n) is 6.48. The molecule has 1 aromatic heterocycles. The van der Waals surface area contributed by atoms with Gasteiger partial charge in [0.15, 0.2) is 0 Å². The molecular formula is C33H35NO5. The summed E-state index contributed by atoms with van der Waals surface area (Å²) in [6.45, 7) is 5.27. The molecule has 6 heteroatoms. The third kappa shape index (κ3) is 4.82. The number of carbonyl (C=O) groups is 1. The molecule has 2 unspecified atom stereocenters. The Morgan fingerprint density at radius 1 is 1.05 bits per heavy atom. The molecular weight excluding hydrogens is 490 g/mol. The maximum absolute atomic E-state index is 13.3. The Labute approximate surface area is 228 Å². The summed E-state index contributed by atoms with van der Waals surface area (Å²) >= 11 is 0. The Kier molecular flexibility index (Phi) is 6.67. The Bertz CT molecular complexity index is 1620. The van der Waals surface area contributed by atoms with Crippen molar-refractivity contribution in [2.45, 2.75) is 64.6 Å². The third-order valence-corrected chi connectivity index (χ3v) is 8.97. The number of aryl methyl sites for hydroxylation is 2. The number of benzene rings is 3. The van der Waals surface area contributed by atoms with Gasteiger partial charge in [-0.3, -0.25) is 4.79 Å². The van der Waals surface area contributed by atoms with Crippen LogP contribution in [0.15, 0.2) is 63.8 Å². The van der Waals surface area contributed by atoms with Crippen molar-refractivity contribution < 1.29 is 19.1 Å². The fourth-order valence-corrected chi connectivity index (χ4v) is 6.48. The minimum Gasteiger partial charge on any atom is -0.488 e. The fraction of sp³-hybridized carbons (Fsp3) is 0.394. The van der Waals surface area contributed by atoms with E-state index in [-0.39, 0.29) is 18.2 Å². The number of nitrogens with zero attached hydrogens (tertiary/aromatic N) is 1. The third-order valence-electron chi connectivity index (χ3n) is 8.97. The molecule has 1 saturated heterocycles. The van der Waals surface area contributed by atoms with Crippen LogP contribution in [-0.2, 0) is 17.8 Å². The second-order valence-corrected chi connectivity index (χ2v) is 11.3. The maximum Gasteiger partial charge on any atom is 0.340 e. The zero-order valence-corrected chi connectivity index (χ0v) is 22.7. The Morgan fingerprint density at radius 3 is 2.72 bits per heavy atom. The quantitative estimate of drug-likeness (QED) is 0.331. The van der Waals surface area contributed by atoms with E-state index >= 15 is 0 Å². The van der Waals surface area contributed by atoms with Crippen LogP contribution in [0.1, 0.15) is 54.4 Å². The van der Waals surface area contributed by atoms with Crippen LogP contribution < -0.4 is 10.4 Å². The van der Waals surface area contributed by atoms with Crippen molar-refractivity contribution in [3.05, 3.63) is 87.3 Å². The molecule has 1 amide bonds. The molecule has 202 valence electrons. The molecule has 2 fully saturated rings. The predicted octanol–water partition coefficient (Wildman–Crippen LogP) is 5.84. The van der Waals surface area contributed by atoms with Gasteiger partial charge in [0.25, 0.3) is 0 Å². The van der Waals surface area contributed by atoms with Crippen LogP contribution in [0.4, 0.5) is 0 Å². The first-order valence-corrected chi connectivity index (χ1v) is 14.0. The molecule has 0 spiro atoms. The Morgan fingerprint density at radius 2 is 1.87 bits per heavy atom. The van der Waals surface area contributed by atoms with Gasteiger partial charge >= 0.3 is 5.63 Å². The van der Waals surface area contributed by atoms with E-state index in [0.29, 0.717) is 43.0 Å². The minimum atomic E-state index is -0.640. The summed E-state index contributed by atoms with van der Waals surface area (Å²) in [6.07, 6.45) is 4.52. The summed E-state index contributed by atoms with van der Waals surface area (Å²) < 4.78 is 11.9. The van der Waals surface area contributed by atoms with Crippen LogP contribution in [-0.4, -0.2) is 34.6 Å². The zero-order chi connectivity index (χ0) is 27.1. The standard InChI is InChI=1S/C33H35NO5/c1-21-27-12-13-29(38-20-23-10-11-24-7-3-4-8-25(24)17-23)22(2)31(27)39-32(36)28(21)18-30(35)34-16-15-33(37)14-6-5-9-26(33)19-34/h3-4,7-8,10-13,17,26,37H,5-6,9,14-16,18-20H2,1-2H3. The molecule has 3 aromatic carbocycles. The van der Waals surface area contributed by atoms with Gasteiger partial charge < -0.3 is 19.2 Å². The van der Waals surface area contributed by atoms with E-state index in [9.17, 15) is 14.7 Å². The lowest BCUT2D eigenvalue weighted by molar-refractivity contribution is -0.142. The number of carbonyl (C=O) groups excluding carboxylic acids is 1. The highest BCUT2D eigenvalue weighted by molar-refractivity contribution is 5.87. The van der Waals surface area contributed by atoms with Crippen LogP contribution in [0.2, 0.25) is 0 Å². The Hall–Kier alpha value is -3.64. The number of aliphatic hydroxyl groups is 1. The van der Waals surface area contributed by atoms with E-state index in [1.165, 1.54) is 5.39 Å². The van der Waals surface area contributed by atoms with E-state index in [2.05, 4.69) is 30.3 Å². The van der Waals surface area contributed by atoms with Crippen LogP contribution in [0.3, 0.4) is 0 Å². The van der Waals surface area contributed by atoms with Gasteiger partial charge in [0.1, 0.15) is 17.9 Å². The highest BCUT2D eigenvalue weighted by Crippen LogP contribution is 2.40. The molecule has 2 aliphatic rings. The Balaban J connectivity index is 1.20. The van der Waals surface area contributed by atoms with Crippen molar-refractivity contribution in [1.29, 1.82) is 0 Å². The smallest absolute Gasteiger partial charge is 0.340 e.